The Hall–Kier alpha value is -2.70. The number of anilines is 1. The number of hydrogen-bond donors (Lipinski definition) is 1. The Labute approximate surface area is 212 Å². The molecular weight excluding hydrogens is 536 g/mol. The number of aliphatic hydroxyl groups excluding tert-OH is 1. The van der Waals surface area contributed by atoms with Crippen molar-refractivity contribution >= 4 is 5.69 Å². The van der Waals surface area contributed by atoms with Gasteiger partial charge in [-0.05, 0) is 49.4 Å². The van der Waals surface area contributed by atoms with E-state index in [9.17, 15) is 49.0 Å². The molecule has 0 radical (unpaired) electrons. The van der Waals surface area contributed by atoms with Gasteiger partial charge in [-0.3, -0.25) is 0 Å². The molecule has 0 aromatic heterocycles. The van der Waals surface area contributed by atoms with E-state index in [4.69, 9.17) is 4.74 Å². The molecule has 0 spiro atoms. The Morgan fingerprint density at radius 2 is 1.47 bits per heavy atom. The highest BCUT2D eigenvalue weighted by Crippen LogP contribution is 2.51. The minimum absolute atomic E-state index is 0.0828. The highest BCUT2D eigenvalue weighted by Gasteiger charge is 2.73. The van der Waals surface area contributed by atoms with Crippen LogP contribution in [0.25, 0.3) is 0 Å². The van der Waals surface area contributed by atoms with E-state index in [0.29, 0.717) is 17.9 Å². The summed E-state index contributed by atoms with van der Waals surface area (Å²) in [5.41, 5.74) is -1.87. The van der Waals surface area contributed by atoms with Gasteiger partial charge in [-0.2, -0.15) is 43.9 Å². The lowest BCUT2D eigenvalue weighted by Crippen LogP contribution is -2.50. The maximum atomic E-state index is 14.2. The van der Waals surface area contributed by atoms with Crippen molar-refractivity contribution in [3.63, 3.8) is 0 Å². The lowest BCUT2D eigenvalue weighted by atomic mass is 9.98. The molecule has 1 aliphatic rings. The molecule has 2 aromatic rings. The minimum Gasteiger partial charge on any atom is -0.490 e. The lowest BCUT2D eigenvalue weighted by Gasteiger charge is -2.30. The summed E-state index contributed by atoms with van der Waals surface area (Å²) in [6.45, 7) is -1.70. The summed E-state index contributed by atoms with van der Waals surface area (Å²) in [5, 5.41) is 9.66. The number of alkyl halides is 10. The van der Waals surface area contributed by atoms with Gasteiger partial charge in [-0.25, -0.2) is 0 Å². The summed E-state index contributed by atoms with van der Waals surface area (Å²) in [4.78, 5) is 0.949. The third kappa shape index (κ3) is 6.83. The van der Waals surface area contributed by atoms with Gasteiger partial charge in [0.2, 0.25) is 0 Å². The van der Waals surface area contributed by atoms with Crippen molar-refractivity contribution in [1.82, 2.24) is 0 Å². The fourth-order valence-corrected chi connectivity index (χ4v) is 4.15. The first kappa shape index (κ1) is 29.9. The van der Waals surface area contributed by atoms with E-state index in [1.54, 1.807) is 6.07 Å². The molecule has 3 rings (SSSR count). The van der Waals surface area contributed by atoms with E-state index in [1.807, 2.05) is 0 Å². The van der Waals surface area contributed by atoms with Crippen LogP contribution in [0.5, 0.6) is 5.75 Å². The van der Waals surface area contributed by atoms with Crippen molar-refractivity contribution in [3.8, 4) is 5.75 Å². The van der Waals surface area contributed by atoms with E-state index >= 15 is 0 Å². The topological polar surface area (TPSA) is 32.7 Å². The average molecular weight is 561 g/mol. The summed E-state index contributed by atoms with van der Waals surface area (Å²) in [6, 6.07) is 8.41. The number of nitrogens with zero attached hydrogens (tertiary/aromatic N) is 1. The molecule has 0 amide bonds. The molecule has 1 unspecified atom stereocenters. The standard InChI is InChI=1S/C25H25F10NO2/c26-22(27,24(31,32)25(33,34)35)17-7-4-6-16(12-17)14-36(15-21(37)23(28,29)30)18-8-5-11-20(13-18)38-19-9-2-1-3-10-19/h4-8,11-13,19,21,37H,1-3,9-10,14-15H2. The largest absolute Gasteiger partial charge is 0.490 e. The third-order valence-electron chi connectivity index (χ3n) is 6.22. The molecule has 0 aliphatic heterocycles. The quantitative estimate of drug-likeness (QED) is 0.320. The fraction of sp³-hybridized carbons (Fsp3) is 0.520. The van der Waals surface area contributed by atoms with Gasteiger partial charge in [-0.1, -0.05) is 30.7 Å². The molecule has 2 aromatic carbocycles. The molecule has 0 saturated heterocycles. The fourth-order valence-electron chi connectivity index (χ4n) is 4.15. The molecule has 1 N–H and O–H groups in total. The first-order valence-electron chi connectivity index (χ1n) is 11.7. The maximum absolute atomic E-state index is 14.2. The first-order valence-corrected chi connectivity index (χ1v) is 11.7. The van der Waals surface area contributed by atoms with Crippen LogP contribution in [0.1, 0.15) is 43.2 Å². The smallest absolute Gasteiger partial charge is 0.460 e. The predicted octanol–water partition coefficient (Wildman–Crippen LogP) is 7.62. The summed E-state index contributed by atoms with van der Waals surface area (Å²) >= 11 is 0. The van der Waals surface area contributed by atoms with Gasteiger partial charge >= 0.3 is 24.2 Å². The van der Waals surface area contributed by atoms with Gasteiger partial charge < -0.3 is 14.7 Å². The van der Waals surface area contributed by atoms with Crippen LogP contribution in [0.4, 0.5) is 49.6 Å². The monoisotopic (exact) mass is 561 g/mol. The number of ether oxygens (including phenoxy) is 1. The average Bonchev–Trinajstić information content (AvgIpc) is 2.83. The summed E-state index contributed by atoms with van der Waals surface area (Å²) in [6.07, 6.45) is -10.1. The highest BCUT2D eigenvalue weighted by molar-refractivity contribution is 5.51. The van der Waals surface area contributed by atoms with Crippen molar-refractivity contribution in [2.75, 3.05) is 11.4 Å². The molecule has 1 saturated carbocycles. The molecule has 1 aliphatic carbocycles. The Morgan fingerprint density at radius 1 is 0.842 bits per heavy atom. The molecule has 1 fully saturated rings. The van der Waals surface area contributed by atoms with E-state index in [1.165, 1.54) is 18.2 Å². The maximum Gasteiger partial charge on any atom is 0.460 e. The highest BCUT2D eigenvalue weighted by atomic mass is 19.4. The summed E-state index contributed by atoms with van der Waals surface area (Å²) in [5.74, 6) is -11.7. The van der Waals surface area contributed by atoms with Crippen molar-refractivity contribution in [2.24, 2.45) is 0 Å². The van der Waals surface area contributed by atoms with Gasteiger partial charge in [-0.15, -0.1) is 0 Å². The molecule has 0 bridgehead atoms. The first-order chi connectivity index (χ1) is 17.5. The zero-order valence-corrected chi connectivity index (χ0v) is 19.8. The van der Waals surface area contributed by atoms with Crippen LogP contribution in [-0.2, 0) is 12.5 Å². The van der Waals surface area contributed by atoms with E-state index in [-0.39, 0.29) is 17.4 Å². The summed E-state index contributed by atoms with van der Waals surface area (Å²) < 4.78 is 139. The molecule has 1 atom stereocenters. The molecule has 13 heteroatoms. The second-order valence-electron chi connectivity index (χ2n) is 9.16. The van der Waals surface area contributed by atoms with Crippen LogP contribution in [0.15, 0.2) is 48.5 Å². The van der Waals surface area contributed by atoms with Gasteiger partial charge in [0.1, 0.15) is 5.75 Å². The summed E-state index contributed by atoms with van der Waals surface area (Å²) in [7, 11) is 0. The SMILES string of the molecule is OC(CN(Cc1cccc(C(F)(F)C(F)(F)C(F)(F)F)c1)c1cccc(OC2CCCCC2)c1)C(F)(F)F. The number of halogens is 10. The van der Waals surface area contributed by atoms with Gasteiger partial charge in [0.15, 0.2) is 6.10 Å². The molecule has 212 valence electrons. The van der Waals surface area contributed by atoms with Crippen LogP contribution in [-0.4, -0.2) is 42.1 Å². The van der Waals surface area contributed by atoms with Gasteiger partial charge in [0.25, 0.3) is 0 Å². The normalized spacial score (nSPS) is 16.8. The Kier molecular flexibility index (Phi) is 8.79. The lowest BCUT2D eigenvalue weighted by molar-refractivity contribution is -0.359. The second kappa shape index (κ2) is 11.2. The van der Waals surface area contributed by atoms with Gasteiger partial charge in [0.05, 0.1) is 12.6 Å². The number of rotatable bonds is 9. The second-order valence-corrected chi connectivity index (χ2v) is 9.16. The van der Waals surface area contributed by atoms with Crippen LogP contribution in [0.2, 0.25) is 0 Å². The Bertz CT molecular complexity index is 1060. The van der Waals surface area contributed by atoms with E-state index in [0.717, 1.165) is 49.1 Å². The number of benzene rings is 2. The zero-order valence-electron chi connectivity index (χ0n) is 19.8. The van der Waals surface area contributed by atoms with Gasteiger partial charge in [0, 0.05) is 23.9 Å². The minimum atomic E-state index is -6.55. The predicted molar refractivity (Wildman–Crippen MR) is 118 cm³/mol. The van der Waals surface area contributed by atoms with E-state index < -0.39 is 49.0 Å². The van der Waals surface area contributed by atoms with E-state index in [2.05, 4.69) is 0 Å². The van der Waals surface area contributed by atoms with Crippen molar-refractivity contribution < 1.29 is 53.7 Å². The van der Waals surface area contributed by atoms with Crippen LogP contribution in [0.3, 0.4) is 0 Å². The number of aliphatic hydroxyl groups is 1. The van der Waals surface area contributed by atoms with Crippen molar-refractivity contribution in [2.45, 2.75) is 75.1 Å². The van der Waals surface area contributed by atoms with Crippen LogP contribution in [0, 0.1) is 0 Å². The molecular formula is C25H25F10NO2. The Morgan fingerprint density at radius 3 is 2.08 bits per heavy atom. The van der Waals surface area contributed by atoms with Crippen molar-refractivity contribution in [1.29, 1.82) is 0 Å². The molecule has 38 heavy (non-hydrogen) atoms. The third-order valence-corrected chi connectivity index (χ3v) is 6.22. The van der Waals surface area contributed by atoms with Crippen LogP contribution < -0.4 is 9.64 Å². The Balaban J connectivity index is 1.92. The molecule has 0 heterocycles. The van der Waals surface area contributed by atoms with Crippen molar-refractivity contribution in [3.05, 3.63) is 59.7 Å². The molecule has 3 nitrogen and oxygen atoms in total. The number of hydrogen-bond acceptors (Lipinski definition) is 3. The zero-order chi connectivity index (χ0) is 28.4. The van der Waals surface area contributed by atoms with Crippen LogP contribution >= 0.6 is 0 Å².